The van der Waals surface area contributed by atoms with E-state index < -0.39 is 14.8 Å². The third kappa shape index (κ3) is 5.07. The van der Waals surface area contributed by atoms with Crippen LogP contribution in [0.4, 0.5) is 11.4 Å². The second-order valence-corrected chi connectivity index (χ2v) is 10.3. The summed E-state index contributed by atoms with van der Waals surface area (Å²) in [6, 6.07) is 13.2. The van der Waals surface area contributed by atoms with Gasteiger partial charge >= 0.3 is 0 Å². The van der Waals surface area contributed by atoms with Crippen molar-refractivity contribution in [2.45, 2.75) is 37.1 Å². The molecule has 0 radical (unpaired) electrons. The van der Waals surface area contributed by atoms with Gasteiger partial charge in [0.2, 0.25) is 0 Å². The summed E-state index contributed by atoms with van der Waals surface area (Å²) >= 11 is 0. The minimum atomic E-state index is -3.60. The first-order valence-corrected chi connectivity index (χ1v) is 12.7. The molecule has 0 bridgehead atoms. The third-order valence-electron chi connectivity index (χ3n) is 6.10. The zero-order valence-corrected chi connectivity index (χ0v) is 19.9. The summed E-state index contributed by atoms with van der Waals surface area (Å²) in [4.78, 5) is 15.2. The van der Waals surface area contributed by atoms with Crippen LogP contribution in [0.5, 0.6) is 0 Å². The first kappa shape index (κ1) is 23.8. The Morgan fingerprint density at radius 1 is 1.03 bits per heavy atom. The fraction of sp³-hybridized carbons (Fsp3) is 0.409. The summed E-state index contributed by atoms with van der Waals surface area (Å²) in [5.41, 5.74) is 1.99. The average molecular weight is 486 g/mol. The van der Waals surface area contributed by atoms with Crippen molar-refractivity contribution in [3.8, 4) is 0 Å². The van der Waals surface area contributed by atoms with Crippen LogP contribution in [0.1, 0.15) is 30.8 Å². The SMILES string of the molecule is CCC(c1nnnn1CS(=O)(=O)c1ccc(C)cc1)N1CCN(c2ccc([N+](=O)[O-])cc2)CC1. The fourth-order valence-electron chi connectivity index (χ4n) is 4.20. The van der Waals surface area contributed by atoms with Gasteiger partial charge in [0.25, 0.3) is 5.69 Å². The Hall–Kier alpha value is -3.38. The Bertz CT molecular complexity index is 1240. The molecule has 0 saturated carbocycles. The molecular weight excluding hydrogens is 458 g/mol. The molecule has 1 unspecified atom stereocenters. The molecule has 0 amide bonds. The van der Waals surface area contributed by atoms with Crippen molar-refractivity contribution < 1.29 is 13.3 Å². The zero-order chi connectivity index (χ0) is 24.3. The summed E-state index contributed by atoms with van der Waals surface area (Å²) in [6.45, 7) is 6.86. The molecule has 12 heteroatoms. The van der Waals surface area contributed by atoms with Gasteiger partial charge in [-0.15, -0.1) is 5.10 Å². The van der Waals surface area contributed by atoms with E-state index in [0.717, 1.165) is 43.9 Å². The second-order valence-electron chi connectivity index (χ2n) is 8.31. The van der Waals surface area contributed by atoms with Crippen LogP contribution in [0.15, 0.2) is 53.4 Å². The molecular formula is C22H27N7O4S. The van der Waals surface area contributed by atoms with Gasteiger partial charge in [0.05, 0.1) is 15.9 Å². The summed E-state index contributed by atoms with van der Waals surface area (Å²) in [7, 11) is -3.60. The predicted molar refractivity (Wildman–Crippen MR) is 126 cm³/mol. The molecule has 180 valence electrons. The molecule has 1 aromatic heterocycles. The van der Waals surface area contributed by atoms with Crippen molar-refractivity contribution >= 4 is 21.2 Å². The van der Waals surface area contributed by atoms with E-state index in [1.54, 1.807) is 36.4 Å². The van der Waals surface area contributed by atoms with Crippen LogP contribution < -0.4 is 4.90 Å². The van der Waals surface area contributed by atoms with Gasteiger partial charge in [-0.05, 0) is 48.0 Å². The molecule has 0 spiro atoms. The van der Waals surface area contributed by atoms with Gasteiger partial charge in [0.1, 0.15) is 0 Å². The van der Waals surface area contributed by atoms with Crippen LogP contribution in [0.3, 0.4) is 0 Å². The van der Waals surface area contributed by atoms with Crippen LogP contribution >= 0.6 is 0 Å². The second kappa shape index (κ2) is 9.85. The lowest BCUT2D eigenvalue weighted by atomic mass is 10.1. The minimum absolute atomic E-state index is 0.0702. The van der Waals surface area contributed by atoms with E-state index in [2.05, 4.69) is 25.3 Å². The van der Waals surface area contributed by atoms with Gasteiger partial charge in [0, 0.05) is 44.0 Å². The maximum Gasteiger partial charge on any atom is 0.269 e. The Morgan fingerprint density at radius 2 is 1.68 bits per heavy atom. The highest BCUT2D eigenvalue weighted by Crippen LogP contribution is 2.27. The van der Waals surface area contributed by atoms with E-state index in [1.807, 2.05) is 13.8 Å². The molecule has 1 atom stereocenters. The largest absolute Gasteiger partial charge is 0.369 e. The van der Waals surface area contributed by atoms with Crippen LogP contribution in [-0.2, 0) is 15.7 Å². The van der Waals surface area contributed by atoms with Crippen molar-refractivity contribution in [3.63, 3.8) is 0 Å². The number of nitro groups is 1. The number of aromatic nitrogens is 4. The molecule has 0 N–H and O–H groups in total. The Morgan fingerprint density at radius 3 is 2.26 bits per heavy atom. The number of hydrogen-bond donors (Lipinski definition) is 0. The van der Waals surface area contributed by atoms with Gasteiger partial charge in [-0.2, -0.15) is 0 Å². The van der Waals surface area contributed by atoms with Crippen LogP contribution in [0.2, 0.25) is 0 Å². The number of nitrogens with zero attached hydrogens (tertiary/aromatic N) is 7. The minimum Gasteiger partial charge on any atom is -0.369 e. The van der Waals surface area contributed by atoms with E-state index in [4.69, 9.17) is 0 Å². The number of rotatable bonds is 8. The first-order valence-electron chi connectivity index (χ1n) is 11.1. The molecule has 1 fully saturated rings. The number of piperazine rings is 1. The summed E-state index contributed by atoms with van der Waals surface area (Å²) in [5, 5.41) is 22.8. The van der Waals surface area contributed by atoms with Crippen LogP contribution in [0.25, 0.3) is 0 Å². The Kier molecular flexibility index (Phi) is 6.89. The number of anilines is 1. The van der Waals surface area contributed by atoms with Gasteiger partial charge in [-0.1, -0.05) is 24.6 Å². The van der Waals surface area contributed by atoms with Crippen LogP contribution in [-0.4, -0.2) is 64.6 Å². The normalized spacial score (nSPS) is 15.9. The standard InChI is InChI=1S/C22H27N7O4S/c1-3-21(27-14-12-26(13-15-27)18-6-8-19(9-7-18)29(30)31)22-23-24-25-28(22)16-34(32,33)20-10-4-17(2)5-11-20/h4-11,21H,3,12-16H2,1-2H3. The molecule has 1 aliphatic rings. The van der Waals surface area contributed by atoms with Crippen LogP contribution in [0, 0.1) is 17.0 Å². The predicted octanol–water partition coefficient (Wildman–Crippen LogP) is 2.59. The highest BCUT2D eigenvalue weighted by Gasteiger charge is 2.29. The number of sulfone groups is 1. The molecule has 2 heterocycles. The topological polar surface area (TPSA) is 127 Å². The Balaban J connectivity index is 1.45. The molecule has 4 rings (SSSR count). The van der Waals surface area contributed by atoms with Gasteiger partial charge in [-0.25, -0.2) is 13.1 Å². The monoisotopic (exact) mass is 485 g/mol. The maximum absolute atomic E-state index is 12.9. The highest BCUT2D eigenvalue weighted by molar-refractivity contribution is 7.90. The van der Waals surface area contributed by atoms with E-state index >= 15 is 0 Å². The highest BCUT2D eigenvalue weighted by atomic mass is 32.2. The number of aryl methyl sites for hydroxylation is 1. The van der Waals surface area contributed by atoms with Crippen molar-refractivity contribution in [2.75, 3.05) is 31.1 Å². The fourth-order valence-corrected chi connectivity index (χ4v) is 5.41. The van der Waals surface area contributed by atoms with Crippen molar-refractivity contribution in [1.29, 1.82) is 0 Å². The maximum atomic E-state index is 12.9. The van der Waals surface area contributed by atoms with E-state index in [-0.39, 0.29) is 22.5 Å². The van der Waals surface area contributed by atoms with Crippen molar-refractivity contribution in [3.05, 3.63) is 70.0 Å². The Labute approximate surface area is 198 Å². The zero-order valence-electron chi connectivity index (χ0n) is 19.1. The summed E-state index contributed by atoms with van der Waals surface area (Å²) in [5.74, 6) is 0.208. The quantitative estimate of drug-likeness (QED) is 0.349. The number of benzene rings is 2. The summed E-state index contributed by atoms with van der Waals surface area (Å²) < 4.78 is 27.3. The average Bonchev–Trinajstić information content (AvgIpc) is 3.27. The molecule has 1 aliphatic heterocycles. The lowest BCUT2D eigenvalue weighted by Gasteiger charge is -2.39. The number of non-ortho nitro benzene ring substituents is 1. The third-order valence-corrected chi connectivity index (χ3v) is 7.67. The number of tetrazole rings is 1. The lowest BCUT2D eigenvalue weighted by molar-refractivity contribution is -0.384. The molecule has 34 heavy (non-hydrogen) atoms. The van der Waals surface area contributed by atoms with Gasteiger partial charge < -0.3 is 4.90 Å². The van der Waals surface area contributed by atoms with E-state index in [9.17, 15) is 18.5 Å². The van der Waals surface area contributed by atoms with Gasteiger partial charge in [-0.3, -0.25) is 15.0 Å². The summed E-state index contributed by atoms with van der Waals surface area (Å²) in [6.07, 6.45) is 0.725. The van der Waals surface area contributed by atoms with Crippen molar-refractivity contribution in [2.24, 2.45) is 0 Å². The molecule has 11 nitrogen and oxygen atoms in total. The smallest absolute Gasteiger partial charge is 0.269 e. The van der Waals surface area contributed by atoms with Gasteiger partial charge in [0.15, 0.2) is 21.5 Å². The van der Waals surface area contributed by atoms with E-state index in [0.29, 0.717) is 5.82 Å². The molecule has 0 aliphatic carbocycles. The molecule has 3 aromatic rings. The first-order chi connectivity index (χ1) is 16.3. The molecule has 2 aromatic carbocycles. The number of hydrogen-bond acceptors (Lipinski definition) is 9. The van der Waals surface area contributed by atoms with Crippen molar-refractivity contribution in [1.82, 2.24) is 25.1 Å². The van der Waals surface area contributed by atoms with E-state index in [1.165, 1.54) is 16.8 Å². The lowest BCUT2D eigenvalue weighted by Crippen LogP contribution is -2.48. The molecule has 1 saturated heterocycles. The number of nitro benzene ring substituents is 1.